The van der Waals surface area contributed by atoms with Crippen molar-refractivity contribution < 1.29 is 23.4 Å². The van der Waals surface area contributed by atoms with Crippen LogP contribution in [0.3, 0.4) is 0 Å². The van der Waals surface area contributed by atoms with Crippen molar-refractivity contribution in [3.63, 3.8) is 0 Å². The van der Waals surface area contributed by atoms with Crippen molar-refractivity contribution in [2.45, 2.75) is 18.9 Å². The average molecular weight is 462 g/mol. The predicted molar refractivity (Wildman–Crippen MR) is 121 cm³/mol. The van der Waals surface area contributed by atoms with Gasteiger partial charge in [0.1, 0.15) is 23.2 Å². The molecule has 0 aliphatic heterocycles. The molecule has 0 spiro atoms. The lowest BCUT2D eigenvalue weighted by molar-refractivity contribution is -0.137. The molecule has 0 fully saturated rings. The van der Waals surface area contributed by atoms with E-state index in [0.717, 1.165) is 29.6 Å². The van der Waals surface area contributed by atoms with Crippen molar-refractivity contribution in [2.75, 3.05) is 5.32 Å². The van der Waals surface area contributed by atoms with Crippen molar-refractivity contribution in [3.05, 3.63) is 108 Å². The van der Waals surface area contributed by atoms with Gasteiger partial charge in [0.05, 0.1) is 12.1 Å². The standard InChI is InChI=1S/C25H20F2N4O3/c26-18-11-17(12-19(27)13-18)21(14-24(32)33)22-8-10-29-25(31-22)34-20-6-4-16(5-7-20)15-30-23-3-1-2-9-28-23/h1-13,21H,14-15H2,(H,28,30)(H,32,33). The molecule has 4 aromatic rings. The molecule has 172 valence electrons. The number of aromatic nitrogens is 3. The first-order valence-electron chi connectivity index (χ1n) is 10.4. The first-order chi connectivity index (χ1) is 16.5. The molecule has 34 heavy (non-hydrogen) atoms. The SMILES string of the molecule is O=C(O)CC(c1cc(F)cc(F)c1)c1ccnc(Oc2ccc(CNc3ccccn3)cc2)n1. The first kappa shape index (κ1) is 22.8. The van der Waals surface area contributed by atoms with Crippen LogP contribution in [-0.2, 0) is 11.3 Å². The Balaban J connectivity index is 1.49. The van der Waals surface area contributed by atoms with E-state index in [1.54, 1.807) is 18.3 Å². The highest BCUT2D eigenvalue weighted by molar-refractivity contribution is 5.69. The van der Waals surface area contributed by atoms with Gasteiger partial charge in [0.15, 0.2) is 0 Å². The Bertz CT molecular complexity index is 1250. The van der Waals surface area contributed by atoms with Crippen LogP contribution in [0.5, 0.6) is 11.8 Å². The van der Waals surface area contributed by atoms with E-state index in [0.29, 0.717) is 12.3 Å². The Morgan fingerprint density at radius 1 is 0.971 bits per heavy atom. The number of benzene rings is 2. The Morgan fingerprint density at radius 2 is 1.74 bits per heavy atom. The zero-order chi connectivity index (χ0) is 23.9. The van der Waals surface area contributed by atoms with E-state index in [-0.39, 0.29) is 17.3 Å². The summed E-state index contributed by atoms with van der Waals surface area (Å²) in [5.41, 5.74) is 1.44. The molecule has 0 saturated heterocycles. The molecule has 2 aromatic heterocycles. The molecular formula is C25H20F2N4O3. The second-order valence-corrected chi connectivity index (χ2v) is 7.43. The summed E-state index contributed by atoms with van der Waals surface area (Å²) < 4.78 is 33.2. The third kappa shape index (κ3) is 6.10. The summed E-state index contributed by atoms with van der Waals surface area (Å²) in [4.78, 5) is 24.0. The first-order valence-corrected chi connectivity index (χ1v) is 10.4. The molecule has 1 atom stereocenters. The van der Waals surface area contributed by atoms with Crippen LogP contribution in [0, 0.1) is 11.6 Å². The summed E-state index contributed by atoms with van der Waals surface area (Å²) in [5, 5.41) is 12.5. The quantitative estimate of drug-likeness (QED) is 0.355. The fourth-order valence-corrected chi connectivity index (χ4v) is 3.38. The molecule has 7 nitrogen and oxygen atoms in total. The molecular weight excluding hydrogens is 442 g/mol. The van der Waals surface area contributed by atoms with E-state index < -0.39 is 29.9 Å². The van der Waals surface area contributed by atoms with Crippen LogP contribution >= 0.6 is 0 Å². The summed E-state index contributed by atoms with van der Waals surface area (Å²) in [6.45, 7) is 0.574. The molecule has 0 aliphatic carbocycles. The van der Waals surface area contributed by atoms with Crippen molar-refractivity contribution in [1.82, 2.24) is 15.0 Å². The zero-order valence-electron chi connectivity index (χ0n) is 17.9. The van der Waals surface area contributed by atoms with Crippen molar-refractivity contribution in [2.24, 2.45) is 0 Å². The number of rotatable bonds is 9. The lowest BCUT2D eigenvalue weighted by Crippen LogP contribution is -2.11. The van der Waals surface area contributed by atoms with Crippen LogP contribution in [0.2, 0.25) is 0 Å². The fraction of sp³-hybridized carbons (Fsp3) is 0.120. The minimum Gasteiger partial charge on any atom is -0.481 e. The number of nitrogens with zero attached hydrogens (tertiary/aromatic N) is 3. The van der Waals surface area contributed by atoms with E-state index in [1.807, 2.05) is 30.3 Å². The van der Waals surface area contributed by atoms with Crippen molar-refractivity contribution in [1.29, 1.82) is 0 Å². The maximum atomic E-state index is 13.7. The van der Waals surface area contributed by atoms with Crippen LogP contribution in [0.4, 0.5) is 14.6 Å². The van der Waals surface area contributed by atoms with Gasteiger partial charge in [0, 0.05) is 30.9 Å². The number of carboxylic acids is 1. The van der Waals surface area contributed by atoms with Gasteiger partial charge in [0.2, 0.25) is 0 Å². The number of nitrogens with one attached hydrogen (secondary N) is 1. The van der Waals surface area contributed by atoms with Crippen LogP contribution in [0.25, 0.3) is 0 Å². The van der Waals surface area contributed by atoms with Gasteiger partial charge in [-0.3, -0.25) is 4.79 Å². The number of carbonyl (C=O) groups is 1. The number of hydrogen-bond acceptors (Lipinski definition) is 6. The topological polar surface area (TPSA) is 97.2 Å². The lowest BCUT2D eigenvalue weighted by Gasteiger charge is -2.16. The van der Waals surface area contributed by atoms with E-state index in [1.165, 1.54) is 12.3 Å². The second kappa shape index (κ2) is 10.5. The van der Waals surface area contributed by atoms with Gasteiger partial charge in [-0.25, -0.2) is 18.7 Å². The molecule has 2 heterocycles. The monoisotopic (exact) mass is 462 g/mol. The summed E-state index contributed by atoms with van der Waals surface area (Å²) in [5.74, 6) is -2.37. The van der Waals surface area contributed by atoms with Crippen molar-refractivity contribution >= 4 is 11.8 Å². The Kier molecular flexibility index (Phi) is 7.02. The minimum atomic E-state index is -1.13. The number of anilines is 1. The number of pyridine rings is 1. The van der Waals surface area contributed by atoms with Crippen LogP contribution in [0.1, 0.15) is 29.2 Å². The number of ether oxygens (including phenoxy) is 1. The minimum absolute atomic E-state index is 0.0101. The second-order valence-electron chi connectivity index (χ2n) is 7.43. The van der Waals surface area contributed by atoms with Crippen LogP contribution in [0.15, 0.2) is 79.1 Å². The predicted octanol–water partition coefficient (Wildman–Crippen LogP) is 5.16. The number of hydrogen-bond donors (Lipinski definition) is 2. The maximum Gasteiger partial charge on any atom is 0.322 e. The third-order valence-corrected chi connectivity index (χ3v) is 4.95. The number of carboxylic acid groups (broad SMARTS) is 1. The molecule has 2 aromatic carbocycles. The van der Waals surface area contributed by atoms with E-state index in [4.69, 9.17) is 4.74 Å². The summed E-state index contributed by atoms with van der Waals surface area (Å²) >= 11 is 0. The van der Waals surface area contributed by atoms with Gasteiger partial charge in [-0.1, -0.05) is 18.2 Å². The number of halogens is 2. The number of aliphatic carboxylic acids is 1. The van der Waals surface area contributed by atoms with Gasteiger partial charge in [-0.2, -0.15) is 4.98 Å². The Labute approximate surface area is 194 Å². The highest BCUT2D eigenvalue weighted by atomic mass is 19.1. The van der Waals surface area contributed by atoms with Gasteiger partial charge in [-0.05, 0) is 53.6 Å². The molecule has 1 unspecified atom stereocenters. The largest absolute Gasteiger partial charge is 0.481 e. The Hall–Kier alpha value is -4.40. The van der Waals surface area contributed by atoms with Crippen molar-refractivity contribution in [3.8, 4) is 11.8 Å². The highest BCUT2D eigenvalue weighted by Gasteiger charge is 2.22. The molecule has 0 amide bonds. The highest BCUT2D eigenvalue weighted by Crippen LogP contribution is 2.29. The van der Waals surface area contributed by atoms with Gasteiger partial charge < -0.3 is 15.2 Å². The molecule has 9 heteroatoms. The Morgan fingerprint density at radius 3 is 2.41 bits per heavy atom. The van der Waals surface area contributed by atoms with Crippen LogP contribution < -0.4 is 10.1 Å². The summed E-state index contributed by atoms with van der Waals surface area (Å²) in [7, 11) is 0. The molecule has 4 rings (SSSR count). The van der Waals surface area contributed by atoms with E-state index in [9.17, 15) is 18.7 Å². The molecule has 0 saturated carbocycles. The van der Waals surface area contributed by atoms with Crippen LogP contribution in [-0.4, -0.2) is 26.0 Å². The normalized spacial score (nSPS) is 11.6. The maximum absolute atomic E-state index is 13.7. The van der Waals surface area contributed by atoms with Gasteiger partial charge in [-0.15, -0.1) is 0 Å². The van der Waals surface area contributed by atoms with Gasteiger partial charge in [0.25, 0.3) is 0 Å². The summed E-state index contributed by atoms with van der Waals surface area (Å²) in [6, 6.07) is 17.3. The zero-order valence-corrected chi connectivity index (χ0v) is 17.9. The molecule has 0 bridgehead atoms. The molecule has 2 N–H and O–H groups in total. The van der Waals surface area contributed by atoms with E-state index in [2.05, 4.69) is 20.3 Å². The summed E-state index contributed by atoms with van der Waals surface area (Å²) in [6.07, 6.45) is 2.71. The lowest BCUT2D eigenvalue weighted by atomic mass is 9.92. The van der Waals surface area contributed by atoms with Gasteiger partial charge >= 0.3 is 12.0 Å². The molecule has 0 radical (unpaired) electrons. The van der Waals surface area contributed by atoms with E-state index >= 15 is 0 Å². The third-order valence-electron chi connectivity index (χ3n) is 4.95. The fourth-order valence-electron chi connectivity index (χ4n) is 3.38. The molecule has 0 aliphatic rings. The average Bonchev–Trinajstić information content (AvgIpc) is 2.82. The smallest absolute Gasteiger partial charge is 0.322 e.